The van der Waals surface area contributed by atoms with Crippen LogP contribution in [-0.4, -0.2) is 52.6 Å². The van der Waals surface area contributed by atoms with Crippen molar-refractivity contribution in [1.29, 1.82) is 0 Å². The molecular formula is C7H10N2O5. The van der Waals surface area contributed by atoms with Crippen molar-refractivity contribution in [2.45, 2.75) is 12.5 Å². The number of rotatable bonds is 2. The van der Waals surface area contributed by atoms with E-state index in [4.69, 9.17) is 10.2 Å². The van der Waals surface area contributed by atoms with Crippen molar-refractivity contribution < 1.29 is 24.6 Å². The van der Waals surface area contributed by atoms with Gasteiger partial charge in [-0.3, -0.25) is 4.90 Å². The highest BCUT2D eigenvalue weighted by Crippen LogP contribution is 2.15. The van der Waals surface area contributed by atoms with Crippen LogP contribution in [0.15, 0.2) is 5.16 Å². The first-order chi connectivity index (χ1) is 6.56. The maximum absolute atomic E-state index is 10.7. The molecule has 0 radical (unpaired) electrons. The molecule has 0 aromatic heterocycles. The molecule has 0 aromatic carbocycles. The van der Waals surface area contributed by atoms with Crippen LogP contribution in [0.25, 0.3) is 0 Å². The number of carboxylic acid groups (broad SMARTS) is 2. The first-order valence-corrected chi connectivity index (χ1v) is 3.87. The number of nitrogens with zero attached hydrogens (tertiary/aromatic N) is 2. The van der Waals surface area contributed by atoms with Crippen molar-refractivity contribution in [2.75, 3.05) is 13.7 Å². The minimum absolute atomic E-state index is 0.0137. The highest BCUT2D eigenvalue weighted by Gasteiger charge is 2.38. The molecule has 1 heterocycles. The summed E-state index contributed by atoms with van der Waals surface area (Å²) in [6.07, 6.45) is -1.19. The Kier molecular flexibility index (Phi) is 2.90. The highest BCUT2D eigenvalue weighted by atomic mass is 16.6. The standard InChI is InChI=1S/C7H10N2O5/c1-14-8-4-2-5(6(10)11)9(3-4)7(12)13/h5H,2-3H2,1H3,(H,10,11)(H,12,13)/b8-4+. The van der Waals surface area contributed by atoms with Gasteiger partial charge in [-0.15, -0.1) is 0 Å². The number of hydrogen-bond donors (Lipinski definition) is 2. The van der Waals surface area contributed by atoms with Crippen LogP contribution in [0.1, 0.15) is 6.42 Å². The largest absolute Gasteiger partial charge is 0.480 e. The van der Waals surface area contributed by atoms with Gasteiger partial charge in [0.25, 0.3) is 0 Å². The topological polar surface area (TPSA) is 99.4 Å². The summed E-state index contributed by atoms with van der Waals surface area (Å²) in [6.45, 7) is -0.0137. The van der Waals surface area contributed by atoms with Crippen LogP contribution >= 0.6 is 0 Å². The van der Waals surface area contributed by atoms with Gasteiger partial charge >= 0.3 is 12.1 Å². The Hall–Kier alpha value is -1.79. The van der Waals surface area contributed by atoms with Crippen molar-refractivity contribution in [2.24, 2.45) is 5.16 Å². The van der Waals surface area contributed by atoms with Crippen molar-refractivity contribution in [1.82, 2.24) is 4.90 Å². The molecule has 78 valence electrons. The normalized spacial score (nSPS) is 23.9. The predicted molar refractivity (Wildman–Crippen MR) is 45.2 cm³/mol. The molecule has 1 amide bonds. The summed E-state index contributed by atoms with van der Waals surface area (Å²) in [6, 6.07) is -1.05. The Bertz CT molecular complexity index is 264. The predicted octanol–water partition coefficient (Wildman–Crippen LogP) is -0.174. The van der Waals surface area contributed by atoms with Crippen LogP contribution in [0, 0.1) is 0 Å². The van der Waals surface area contributed by atoms with Crippen LogP contribution in [-0.2, 0) is 9.63 Å². The molecule has 0 saturated carbocycles. The van der Waals surface area contributed by atoms with E-state index in [1.807, 2.05) is 0 Å². The fourth-order valence-corrected chi connectivity index (χ4v) is 1.32. The lowest BCUT2D eigenvalue weighted by Crippen LogP contribution is -2.39. The van der Waals surface area contributed by atoms with E-state index in [9.17, 15) is 9.59 Å². The monoisotopic (exact) mass is 202 g/mol. The molecule has 1 aliphatic rings. The molecule has 1 aliphatic heterocycles. The molecule has 7 heteroatoms. The quantitative estimate of drug-likeness (QED) is 0.605. The van der Waals surface area contributed by atoms with E-state index >= 15 is 0 Å². The van der Waals surface area contributed by atoms with Crippen LogP contribution in [0.3, 0.4) is 0 Å². The second-order valence-electron chi connectivity index (χ2n) is 2.81. The van der Waals surface area contributed by atoms with Crippen LogP contribution < -0.4 is 0 Å². The van der Waals surface area contributed by atoms with E-state index in [1.165, 1.54) is 7.11 Å². The first-order valence-electron chi connectivity index (χ1n) is 3.87. The maximum atomic E-state index is 10.7. The molecule has 0 spiro atoms. The molecule has 7 nitrogen and oxygen atoms in total. The summed E-state index contributed by atoms with van der Waals surface area (Å²) in [4.78, 5) is 26.6. The van der Waals surface area contributed by atoms with Gasteiger partial charge in [-0.2, -0.15) is 0 Å². The maximum Gasteiger partial charge on any atom is 0.408 e. The smallest absolute Gasteiger partial charge is 0.408 e. The van der Waals surface area contributed by atoms with Crippen molar-refractivity contribution in [3.63, 3.8) is 0 Å². The van der Waals surface area contributed by atoms with Crippen molar-refractivity contribution in [3.05, 3.63) is 0 Å². The Morgan fingerprint density at radius 3 is 2.57 bits per heavy atom. The first kappa shape index (κ1) is 10.3. The second-order valence-corrected chi connectivity index (χ2v) is 2.81. The van der Waals surface area contributed by atoms with Gasteiger partial charge in [-0.05, 0) is 0 Å². The molecule has 0 aromatic rings. The highest BCUT2D eigenvalue weighted by molar-refractivity contribution is 5.97. The van der Waals surface area contributed by atoms with Gasteiger partial charge in [0.1, 0.15) is 13.2 Å². The van der Waals surface area contributed by atoms with E-state index < -0.39 is 18.1 Å². The Morgan fingerprint density at radius 1 is 1.57 bits per heavy atom. The van der Waals surface area contributed by atoms with Gasteiger partial charge in [-0.1, -0.05) is 5.16 Å². The molecule has 0 aliphatic carbocycles. The molecule has 1 saturated heterocycles. The number of aliphatic carboxylic acids is 1. The number of oxime groups is 1. The van der Waals surface area contributed by atoms with Crippen molar-refractivity contribution in [3.8, 4) is 0 Å². The molecule has 0 bridgehead atoms. The van der Waals surface area contributed by atoms with E-state index in [2.05, 4.69) is 9.99 Å². The summed E-state index contributed by atoms with van der Waals surface area (Å²) in [5, 5.41) is 20.9. The molecule has 1 fully saturated rings. The Balaban J connectivity index is 2.80. The van der Waals surface area contributed by atoms with E-state index in [0.717, 1.165) is 4.90 Å². The van der Waals surface area contributed by atoms with Gasteiger partial charge in [0.2, 0.25) is 0 Å². The lowest BCUT2D eigenvalue weighted by molar-refractivity contribution is -0.141. The number of likely N-dealkylation sites (tertiary alicyclic amines) is 1. The van der Waals surface area contributed by atoms with E-state index in [1.54, 1.807) is 0 Å². The van der Waals surface area contributed by atoms with Gasteiger partial charge in [0, 0.05) is 6.42 Å². The summed E-state index contributed by atoms with van der Waals surface area (Å²) >= 11 is 0. The fraction of sp³-hybridized carbons (Fsp3) is 0.571. The van der Waals surface area contributed by atoms with Crippen LogP contribution in [0.4, 0.5) is 4.79 Å². The van der Waals surface area contributed by atoms with Gasteiger partial charge in [0.15, 0.2) is 0 Å². The summed E-state index contributed by atoms with van der Waals surface area (Å²) in [5.74, 6) is -1.17. The lowest BCUT2D eigenvalue weighted by atomic mass is 10.2. The van der Waals surface area contributed by atoms with Crippen molar-refractivity contribution >= 4 is 17.8 Å². The molecule has 2 N–H and O–H groups in total. The number of carboxylic acids is 1. The van der Waals surface area contributed by atoms with E-state index in [-0.39, 0.29) is 13.0 Å². The third kappa shape index (κ3) is 1.93. The summed E-state index contributed by atoms with van der Waals surface area (Å²) < 4.78 is 0. The molecular weight excluding hydrogens is 192 g/mol. The Morgan fingerprint density at radius 2 is 2.21 bits per heavy atom. The number of amides is 1. The molecule has 1 atom stereocenters. The molecule has 1 rings (SSSR count). The van der Waals surface area contributed by atoms with Gasteiger partial charge in [-0.25, -0.2) is 9.59 Å². The van der Waals surface area contributed by atoms with Crippen LogP contribution in [0.2, 0.25) is 0 Å². The third-order valence-electron chi connectivity index (χ3n) is 1.91. The SMILES string of the molecule is CO/N=C1\CC(C(=O)O)N(C(=O)O)C1. The Labute approximate surface area is 79.6 Å². The molecule has 1 unspecified atom stereocenters. The van der Waals surface area contributed by atoms with Gasteiger partial charge < -0.3 is 15.1 Å². The summed E-state index contributed by atoms with van der Waals surface area (Å²) in [7, 11) is 1.33. The summed E-state index contributed by atoms with van der Waals surface area (Å²) in [5.41, 5.74) is 0.419. The second kappa shape index (κ2) is 3.95. The lowest BCUT2D eigenvalue weighted by Gasteiger charge is -2.15. The zero-order valence-corrected chi connectivity index (χ0v) is 7.51. The third-order valence-corrected chi connectivity index (χ3v) is 1.91. The molecule has 14 heavy (non-hydrogen) atoms. The van der Waals surface area contributed by atoms with E-state index in [0.29, 0.717) is 5.71 Å². The zero-order valence-electron chi connectivity index (χ0n) is 7.51. The van der Waals surface area contributed by atoms with Crippen LogP contribution in [0.5, 0.6) is 0 Å². The zero-order chi connectivity index (χ0) is 10.7. The van der Waals surface area contributed by atoms with Gasteiger partial charge in [0.05, 0.1) is 12.3 Å². The minimum atomic E-state index is -1.27. The number of carbonyl (C=O) groups is 2. The number of hydrogen-bond acceptors (Lipinski definition) is 4. The average Bonchev–Trinajstić information content (AvgIpc) is 2.49. The average molecular weight is 202 g/mol. The minimum Gasteiger partial charge on any atom is -0.480 e. The fourth-order valence-electron chi connectivity index (χ4n) is 1.32.